The lowest BCUT2D eigenvalue weighted by atomic mass is 10.0. The van der Waals surface area contributed by atoms with Crippen LogP contribution in [0.3, 0.4) is 0 Å². The second-order valence-electron chi connectivity index (χ2n) is 6.83. The molecule has 0 saturated heterocycles. The van der Waals surface area contributed by atoms with E-state index in [9.17, 15) is 0 Å². The fourth-order valence-electron chi connectivity index (χ4n) is 3.06. The summed E-state index contributed by atoms with van der Waals surface area (Å²) in [5.41, 5.74) is 8.52. The zero-order chi connectivity index (χ0) is 16.1. The molecule has 0 rings (SSSR count). The van der Waals surface area contributed by atoms with Crippen molar-refractivity contribution < 1.29 is 0 Å². The van der Waals surface area contributed by atoms with E-state index >= 15 is 0 Å². The van der Waals surface area contributed by atoms with Crippen LogP contribution >= 0.6 is 0 Å². The second kappa shape index (κ2) is 20.5. The number of allylic oxidation sites excluding steroid dienone is 1. The van der Waals surface area contributed by atoms with Gasteiger partial charge in [-0.2, -0.15) is 5.73 Å². The van der Waals surface area contributed by atoms with E-state index in [0.717, 1.165) is 6.42 Å². The molecule has 0 aliphatic carbocycles. The molecule has 2 radical (unpaired) electrons. The van der Waals surface area contributed by atoms with Gasteiger partial charge in [-0.15, -0.1) is 0 Å². The van der Waals surface area contributed by atoms with Crippen LogP contribution in [-0.4, -0.2) is 0 Å². The van der Waals surface area contributed by atoms with Gasteiger partial charge in [0.1, 0.15) is 0 Å². The van der Waals surface area contributed by atoms with Crippen molar-refractivity contribution >= 4 is 0 Å². The molecule has 1 heteroatoms. The highest BCUT2D eigenvalue weighted by Gasteiger charge is 1.94. The van der Waals surface area contributed by atoms with Gasteiger partial charge in [0.15, 0.2) is 0 Å². The average molecular weight is 308 g/mol. The first kappa shape index (κ1) is 21.5. The third-order valence-electron chi connectivity index (χ3n) is 4.58. The van der Waals surface area contributed by atoms with Crippen LogP contribution in [0.1, 0.15) is 122 Å². The molecule has 0 N–H and O–H groups in total. The SMILES string of the molecule is CCCCCCCCCCCCCCCCCCC/C=C/[N]. The Morgan fingerprint density at radius 3 is 1.14 bits per heavy atom. The van der Waals surface area contributed by atoms with Crippen LogP contribution < -0.4 is 5.73 Å². The summed E-state index contributed by atoms with van der Waals surface area (Å²) < 4.78 is 0. The van der Waals surface area contributed by atoms with Crippen molar-refractivity contribution in [1.29, 1.82) is 0 Å². The first-order chi connectivity index (χ1) is 10.9. The summed E-state index contributed by atoms with van der Waals surface area (Å²) in [7, 11) is 0. The van der Waals surface area contributed by atoms with E-state index in [2.05, 4.69) is 6.92 Å². The Labute approximate surface area is 141 Å². The van der Waals surface area contributed by atoms with E-state index in [0.29, 0.717) is 0 Å². The van der Waals surface area contributed by atoms with Gasteiger partial charge in [0, 0.05) is 6.20 Å². The lowest BCUT2D eigenvalue weighted by Gasteiger charge is -2.03. The van der Waals surface area contributed by atoms with Gasteiger partial charge in [0.2, 0.25) is 0 Å². The number of hydrogen-bond acceptors (Lipinski definition) is 0. The minimum Gasteiger partial charge on any atom is -0.160 e. The van der Waals surface area contributed by atoms with E-state index in [1.54, 1.807) is 0 Å². The molecule has 0 spiro atoms. The van der Waals surface area contributed by atoms with Gasteiger partial charge in [-0.3, -0.25) is 0 Å². The summed E-state index contributed by atoms with van der Waals surface area (Å²) in [5.74, 6) is 0. The summed E-state index contributed by atoms with van der Waals surface area (Å²) >= 11 is 0. The van der Waals surface area contributed by atoms with E-state index in [1.165, 1.54) is 115 Å². The van der Waals surface area contributed by atoms with Crippen molar-refractivity contribution in [2.75, 3.05) is 0 Å². The van der Waals surface area contributed by atoms with E-state index in [4.69, 9.17) is 5.73 Å². The standard InChI is InChI=1S/C21H41N/c1-2-3-4-5-6-7-8-9-10-11-12-13-14-15-16-17-18-19-20-21-22/h20-21H,2-19H2,1H3/b21-20+. The van der Waals surface area contributed by atoms with E-state index in [1.807, 2.05) is 6.08 Å². The second-order valence-corrected chi connectivity index (χ2v) is 6.83. The zero-order valence-electron chi connectivity index (χ0n) is 15.3. The smallest absolute Gasteiger partial charge is 0.0455 e. The predicted molar refractivity (Wildman–Crippen MR) is 100 cm³/mol. The van der Waals surface area contributed by atoms with Crippen LogP contribution in [0.4, 0.5) is 0 Å². The van der Waals surface area contributed by atoms with Crippen molar-refractivity contribution in [3.05, 3.63) is 12.3 Å². The van der Waals surface area contributed by atoms with Gasteiger partial charge < -0.3 is 0 Å². The Kier molecular flexibility index (Phi) is 20.1. The van der Waals surface area contributed by atoms with Crippen molar-refractivity contribution in [3.63, 3.8) is 0 Å². The Hall–Kier alpha value is -0.460. The predicted octanol–water partition coefficient (Wildman–Crippen LogP) is 7.61. The van der Waals surface area contributed by atoms with Crippen LogP contribution in [0.15, 0.2) is 12.3 Å². The number of unbranched alkanes of at least 4 members (excludes halogenated alkanes) is 17. The van der Waals surface area contributed by atoms with Gasteiger partial charge in [-0.05, 0) is 12.8 Å². The fraction of sp³-hybridized carbons (Fsp3) is 0.905. The van der Waals surface area contributed by atoms with Crippen LogP contribution in [0.25, 0.3) is 0 Å². The molecule has 0 fully saturated rings. The molecule has 0 heterocycles. The summed E-state index contributed by atoms with van der Waals surface area (Å²) in [6, 6.07) is 0. The highest BCUT2D eigenvalue weighted by atomic mass is 14.5. The Balaban J connectivity index is 2.94. The molecule has 0 amide bonds. The maximum Gasteiger partial charge on any atom is 0.0455 e. The first-order valence-electron chi connectivity index (χ1n) is 10.2. The van der Waals surface area contributed by atoms with Crippen LogP contribution in [0.5, 0.6) is 0 Å². The largest absolute Gasteiger partial charge is 0.160 e. The molecular weight excluding hydrogens is 266 g/mol. The quantitative estimate of drug-likeness (QED) is 0.232. The molecule has 0 bridgehead atoms. The Bertz CT molecular complexity index is 210. The molecule has 0 atom stereocenters. The van der Waals surface area contributed by atoms with Gasteiger partial charge in [-0.25, -0.2) is 0 Å². The van der Waals surface area contributed by atoms with Crippen molar-refractivity contribution in [2.24, 2.45) is 0 Å². The monoisotopic (exact) mass is 307 g/mol. The molecule has 0 aliphatic heterocycles. The Morgan fingerprint density at radius 2 is 0.818 bits per heavy atom. The minimum absolute atomic E-state index is 1.04. The van der Waals surface area contributed by atoms with Crippen LogP contribution in [0, 0.1) is 0 Å². The van der Waals surface area contributed by atoms with E-state index in [-0.39, 0.29) is 0 Å². The topological polar surface area (TPSA) is 22.3 Å². The van der Waals surface area contributed by atoms with Gasteiger partial charge >= 0.3 is 0 Å². The molecule has 0 unspecified atom stereocenters. The summed E-state index contributed by atoms with van der Waals surface area (Å²) in [6.07, 6.45) is 28.2. The highest BCUT2D eigenvalue weighted by Crippen LogP contribution is 2.14. The lowest BCUT2D eigenvalue weighted by Crippen LogP contribution is -1.83. The lowest BCUT2D eigenvalue weighted by molar-refractivity contribution is 0.527. The normalized spacial score (nSPS) is 11.5. The van der Waals surface area contributed by atoms with Crippen molar-refractivity contribution in [1.82, 2.24) is 5.73 Å². The fourth-order valence-corrected chi connectivity index (χ4v) is 3.06. The third-order valence-corrected chi connectivity index (χ3v) is 4.58. The third kappa shape index (κ3) is 19.5. The minimum atomic E-state index is 1.04. The van der Waals surface area contributed by atoms with Crippen LogP contribution in [0.2, 0.25) is 0 Å². The summed E-state index contributed by atoms with van der Waals surface area (Å²) in [5, 5.41) is 0. The molecule has 1 nitrogen and oxygen atoms in total. The number of rotatable bonds is 18. The number of hydrogen-bond donors (Lipinski definition) is 0. The van der Waals surface area contributed by atoms with Gasteiger partial charge in [0.05, 0.1) is 0 Å². The van der Waals surface area contributed by atoms with Crippen molar-refractivity contribution in [2.45, 2.75) is 122 Å². The van der Waals surface area contributed by atoms with E-state index < -0.39 is 0 Å². The molecule has 130 valence electrons. The number of nitrogens with zero attached hydrogens (tertiary/aromatic N) is 1. The molecular formula is C21H41N. The first-order valence-corrected chi connectivity index (χ1v) is 10.2. The molecule has 22 heavy (non-hydrogen) atoms. The zero-order valence-corrected chi connectivity index (χ0v) is 15.3. The molecule has 0 aromatic rings. The highest BCUT2D eigenvalue weighted by molar-refractivity contribution is 4.74. The van der Waals surface area contributed by atoms with Crippen molar-refractivity contribution in [3.8, 4) is 0 Å². The van der Waals surface area contributed by atoms with Crippen LogP contribution in [-0.2, 0) is 0 Å². The summed E-state index contributed by atoms with van der Waals surface area (Å²) in [4.78, 5) is 0. The van der Waals surface area contributed by atoms with Gasteiger partial charge in [-0.1, -0.05) is 116 Å². The molecule has 0 saturated carbocycles. The summed E-state index contributed by atoms with van der Waals surface area (Å²) in [6.45, 7) is 2.29. The molecule has 0 aromatic heterocycles. The van der Waals surface area contributed by atoms with Gasteiger partial charge in [0.25, 0.3) is 0 Å². The average Bonchev–Trinajstić information content (AvgIpc) is 2.54. The molecule has 0 aliphatic rings. The Morgan fingerprint density at radius 1 is 0.500 bits per heavy atom. The maximum atomic E-state index is 8.52. The maximum absolute atomic E-state index is 8.52. The molecule has 0 aromatic carbocycles.